The summed E-state index contributed by atoms with van der Waals surface area (Å²) in [6, 6.07) is 1.98. The predicted molar refractivity (Wildman–Crippen MR) is 73.3 cm³/mol. The summed E-state index contributed by atoms with van der Waals surface area (Å²) in [7, 11) is 1.48. The van der Waals surface area contributed by atoms with E-state index in [0.717, 1.165) is 5.56 Å². The Bertz CT molecular complexity index is 418. The number of carboxylic acid groups (broad SMARTS) is 1. The van der Waals surface area contributed by atoms with Crippen molar-refractivity contribution >= 4 is 23.2 Å². The second-order valence-corrected chi connectivity index (χ2v) is 5.52. The number of methoxy groups -OCH3 is 1. The minimum atomic E-state index is -0.960. The Morgan fingerprint density at radius 1 is 1.53 bits per heavy atom. The van der Waals surface area contributed by atoms with Crippen molar-refractivity contribution < 1.29 is 19.4 Å². The van der Waals surface area contributed by atoms with Crippen LogP contribution in [-0.2, 0) is 20.7 Å². The van der Waals surface area contributed by atoms with Crippen LogP contribution in [0.1, 0.15) is 25.3 Å². The van der Waals surface area contributed by atoms with E-state index in [1.54, 1.807) is 18.3 Å². The number of aryl methyl sites for hydroxylation is 1. The topological polar surface area (TPSA) is 75.6 Å². The first-order valence-electron chi connectivity index (χ1n) is 5.98. The number of carbonyl (C=O) groups excluding carboxylic acids is 1. The molecule has 0 bridgehead atoms. The fourth-order valence-corrected chi connectivity index (χ4v) is 2.58. The van der Waals surface area contributed by atoms with Crippen LogP contribution < -0.4 is 5.32 Å². The summed E-state index contributed by atoms with van der Waals surface area (Å²) in [5.74, 6) is -1.12. The Morgan fingerprint density at radius 3 is 2.79 bits per heavy atom. The van der Waals surface area contributed by atoms with Gasteiger partial charge in [0, 0.05) is 13.5 Å². The van der Waals surface area contributed by atoms with E-state index in [-0.39, 0.29) is 18.9 Å². The first kappa shape index (κ1) is 15.7. The summed E-state index contributed by atoms with van der Waals surface area (Å²) in [6.45, 7) is 1.84. The van der Waals surface area contributed by atoms with E-state index in [2.05, 4.69) is 5.32 Å². The maximum atomic E-state index is 11.9. The van der Waals surface area contributed by atoms with Gasteiger partial charge in [0.05, 0.1) is 18.6 Å². The lowest BCUT2D eigenvalue weighted by Crippen LogP contribution is -2.50. The van der Waals surface area contributed by atoms with Gasteiger partial charge in [-0.3, -0.25) is 9.59 Å². The molecule has 0 spiro atoms. The van der Waals surface area contributed by atoms with Crippen LogP contribution in [0.4, 0.5) is 0 Å². The third-order valence-electron chi connectivity index (χ3n) is 2.67. The third kappa shape index (κ3) is 5.85. The van der Waals surface area contributed by atoms with E-state index in [0.29, 0.717) is 12.8 Å². The van der Waals surface area contributed by atoms with Crippen LogP contribution in [0, 0.1) is 0 Å². The van der Waals surface area contributed by atoms with Gasteiger partial charge in [-0.25, -0.2) is 0 Å². The highest BCUT2D eigenvalue weighted by molar-refractivity contribution is 7.07. The second kappa shape index (κ2) is 7.25. The van der Waals surface area contributed by atoms with Gasteiger partial charge in [-0.15, -0.1) is 0 Å². The molecule has 19 heavy (non-hydrogen) atoms. The molecular formula is C13H19NO4S. The summed E-state index contributed by atoms with van der Waals surface area (Å²) >= 11 is 1.59. The van der Waals surface area contributed by atoms with Crippen molar-refractivity contribution in [3.63, 3.8) is 0 Å². The first-order valence-corrected chi connectivity index (χ1v) is 6.92. The van der Waals surface area contributed by atoms with Gasteiger partial charge in [-0.2, -0.15) is 11.3 Å². The normalized spacial score (nSPS) is 13.8. The molecule has 0 radical (unpaired) electrons. The average molecular weight is 285 g/mol. The Balaban J connectivity index is 2.48. The van der Waals surface area contributed by atoms with Gasteiger partial charge in [0.2, 0.25) is 5.91 Å². The van der Waals surface area contributed by atoms with E-state index in [9.17, 15) is 9.59 Å². The van der Waals surface area contributed by atoms with Gasteiger partial charge >= 0.3 is 5.97 Å². The highest BCUT2D eigenvalue weighted by Crippen LogP contribution is 2.12. The number of amides is 1. The lowest BCUT2D eigenvalue weighted by atomic mass is 9.98. The van der Waals surface area contributed by atoms with E-state index in [1.807, 2.05) is 16.8 Å². The van der Waals surface area contributed by atoms with Crippen LogP contribution in [0.2, 0.25) is 0 Å². The number of hydrogen-bond acceptors (Lipinski definition) is 4. The Morgan fingerprint density at radius 2 is 2.26 bits per heavy atom. The molecule has 0 aliphatic rings. The van der Waals surface area contributed by atoms with E-state index >= 15 is 0 Å². The lowest BCUT2D eigenvalue weighted by Gasteiger charge is -2.28. The van der Waals surface area contributed by atoms with E-state index in [4.69, 9.17) is 9.84 Å². The fraction of sp³-hybridized carbons (Fsp3) is 0.538. The van der Waals surface area contributed by atoms with Crippen LogP contribution >= 0.6 is 11.3 Å². The molecule has 0 aromatic carbocycles. The monoisotopic (exact) mass is 285 g/mol. The molecule has 1 unspecified atom stereocenters. The van der Waals surface area contributed by atoms with Crippen molar-refractivity contribution in [2.75, 3.05) is 13.7 Å². The maximum Gasteiger partial charge on any atom is 0.305 e. The maximum absolute atomic E-state index is 11.9. The molecule has 6 heteroatoms. The summed E-state index contributed by atoms with van der Waals surface area (Å²) in [5, 5.41) is 15.6. The zero-order valence-corrected chi connectivity index (χ0v) is 12.0. The lowest BCUT2D eigenvalue weighted by molar-refractivity contribution is -0.139. The molecule has 1 amide bonds. The molecule has 5 nitrogen and oxygen atoms in total. The quantitative estimate of drug-likeness (QED) is 0.762. The highest BCUT2D eigenvalue weighted by Gasteiger charge is 2.29. The molecule has 0 fully saturated rings. The van der Waals surface area contributed by atoms with Gasteiger partial charge in [0.1, 0.15) is 0 Å². The van der Waals surface area contributed by atoms with Crippen LogP contribution in [0.15, 0.2) is 16.8 Å². The molecule has 1 atom stereocenters. The SMILES string of the molecule is COCC(C)(CC(=O)O)NC(=O)CCc1ccsc1. The van der Waals surface area contributed by atoms with Gasteiger partial charge in [0.25, 0.3) is 0 Å². The molecule has 106 valence electrons. The second-order valence-electron chi connectivity index (χ2n) is 4.74. The fourth-order valence-electron chi connectivity index (χ4n) is 1.88. The van der Waals surface area contributed by atoms with E-state index in [1.165, 1.54) is 7.11 Å². The summed E-state index contributed by atoms with van der Waals surface area (Å²) in [5.41, 5.74) is 0.249. The van der Waals surface area contributed by atoms with Gasteiger partial charge < -0.3 is 15.2 Å². The Hall–Kier alpha value is -1.40. The van der Waals surface area contributed by atoms with E-state index < -0.39 is 11.5 Å². The van der Waals surface area contributed by atoms with Crippen molar-refractivity contribution in [2.24, 2.45) is 0 Å². The van der Waals surface area contributed by atoms with Crippen LogP contribution in [-0.4, -0.2) is 36.2 Å². The zero-order chi connectivity index (χ0) is 14.3. The molecule has 0 saturated heterocycles. The van der Waals surface area contributed by atoms with Crippen LogP contribution in [0.5, 0.6) is 0 Å². The molecule has 1 aromatic heterocycles. The summed E-state index contributed by atoms with van der Waals surface area (Å²) < 4.78 is 4.98. The molecule has 2 N–H and O–H groups in total. The Kier molecular flexibility index (Phi) is 5.98. The molecule has 0 aliphatic heterocycles. The number of ether oxygens (including phenoxy) is 1. The first-order chi connectivity index (χ1) is 8.95. The van der Waals surface area contributed by atoms with Crippen molar-refractivity contribution in [3.05, 3.63) is 22.4 Å². The number of hydrogen-bond donors (Lipinski definition) is 2. The van der Waals surface area contributed by atoms with Crippen molar-refractivity contribution in [1.82, 2.24) is 5.32 Å². The molecule has 0 saturated carbocycles. The molecular weight excluding hydrogens is 266 g/mol. The number of carboxylic acids is 1. The Labute approximate surface area is 116 Å². The number of nitrogens with one attached hydrogen (secondary N) is 1. The molecule has 0 aliphatic carbocycles. The largest absolute Gasteiger partial charge is 0.481 e. The standard InChI is InChI=1S/C13H19NO4S/c1-13(9-18-2,7-12(16)17)14-11(15)4-3-10-5-6-19-8-10/h5-6,8H,3-4,7,9H2,1-2H3,(H,14,15)(H,16,17). The number of carbonyl (C=O) groups is 2. The highest BCUT2D eigenvalue weighted by atomic mass is 32.1. The van der Waals surface area contributed by atoms with Gasteiger partial charge in [0.15, 0.2) is 0 Å². The van der Waals surface area contributed by atoms with Gasteiger partial charge in [-0.1, -0.05) is 0 Å². The van der Waals surface area contributed by atoms with Crippen LogP contribution in [0.25, 0.3) is 0 Å². The van der Waals surface area contributed by atoms with Gasteiger partial charge in [-0.05, 0) is 35.7 Å². The predicted octanol–water partition coefficient (Wildman–Crippen LogP) is 1.68. The third-order valence-corrected chi connectivity index (χ3v) is 3.40. The number of rotatable bonds is 8. The molecule has 1 aromatic rings. The zero-order valence-electron chi connectivity index (χ0n) is 11.1. The minimum Gasteiger partial charge on any atom is -0.481 e. The minimum absolute atomic E-state index is 0.160. The molecule has 1 heterocycles. The number of thiophene rings is 1. The average Bonchev–Trinajstić information content (AvgIpc) is 2.77. The van der Waals surface area contributed by atoms with Crippen molar-refractivity contribution in [3.8, 4) is 0 Å². The number of aliphatic carboxylic acids is 1. The van der Waals surface area contributed by atoms with Crippen molar-refractivity contribution in [1.29, 1.82) is 0 Å². The summed E-state index contributed by atoms with van der Waals surface area (Å²) in [6.07, 6.45) is 0.839. The summed E-state index contributed by atoms with van der Waals surface area (Å²) in [4.78, 5) is 22.7. The smallest absolute Gasteiger partial charge is 0.305 e. The van der Waals surface area contributed by atoms with Crippen LogP contribution in [0.3, 0.4) is 0 Å². The van der Waals surface area contributed by atoms with Crippen molar-refractivity contribution in [2.45, 2.75) is 31.7 Å². The molecule has 1 rings (SSSR count).